The first-order valence-corrected chi connectivity index (χ1v) is 7.25. The van der Waals surface area contributed by atoms with Crippen molar-refractivity contribution in [2.24, 2.45) is 0 Å². The fourth-order valence-corrected chi connectivity index (χ4v) is 2.05. The molecule has 0 bridgehead atoms. The topological polar surface area (TPSA) is 79.2 Å². The maximum absolute atomic E-state index is 13.0. The number of rotatable bonds is 4. The molecular weight excluding hydrogens is 335 g/mol. The smallest absolute Gasteiger partial charge is 0.340 e. The molecule has 1 N–H and O–H groups in total. The number of amides is 1. The number of benzene rings is 2. The second-order valence-corrected chi connectivity index (χ2v) is 5.26. The lowest BCUT2D eigenvalue weighted by Crippen LogP contribution is -2.30. The van der Waals surface area contributed by atoms with Crippen LogP contribution >= 0.6 is 11.6 Å². The summed E-state index contributed by atoms with van der Waals surface area (Å²) in [5.74, 6) is -1.96. The van der Waals surface area contributed by atoms with Crippen LogP contribution in [0, 0.1) is 17.1 Å². The zero-order valence-corrected chi connectivity index (χ0v) is 13.3. The molecule has 0 fully saturated rings. The van der Waals surface area contributed by atoms with Crippen LogP contribution in [-0.4, -0.2) is 18.0 Å². The number of esters is 1. The van der Waals surface area contributed by atoms with Crippen LogP contribution in [-0.2, 0) is 9.53 Å². The van der Waals surface area contributed by atoms with Gasteiger partial charge in [0.2, 0.25) is 0 Å². The predicted octanol–water partition coefficient (Wildman–Crippen LogP) is 3.53. The third kappa shape index (κ3) is 4.31. The molecule has 7 heteroatoms. The third-order valence-corrected chi connectivity index (χ3v) is 3.40. The van der Waals surface area contributed by atoms with Crippen molar-refractivity contribution in [3.8, 4) is 6.07 Å². The maximum atomic E-state index is 13.0. The van der Waals surface area contributed by atoms with Gasteiger partial charge < -0.3 is 10.1 Å². The lowest BCUT2D eigenvalue weighted by molar-refractivity contribution is -0.123. The number of nitrogens with zero attached hydrogens (tertiary/aromatic N) is 1. The third-order valence-electron chi connectivity index (χ3n) is 3.09. The number of halogens is 2. The van der Waals surface area contributed by atoms with Crippen molar-refractivity contribution in [1.82, 2.24) is 0 Å². The van der Waals surface area contributed by atoms with Crippen LogP contribution in [0.4, 0.5) is 10.1 Å². The fraction of sp³-hybridized carbons (Fsp3) is 0.118. The van der Waals surface area contributed by atoms with Crippen molar-refractivity contribution in [3.63, 3.8) is 0 Å². The van der Waals surface area contributed by atoms with Gasteiger partial charge in [-0.05, 0) is 49.4 Å². The Hall–Kier alpha value is -2.91. The van der Waals surface area contributed by atoms with E-state index >= 15 is 0 Å². The lowest BCUT2D eigenvalue weighted by atomic mass is 10.2. The highest BCUT2D eigenvalue weighted by Gasteiger charge is 2.21. The fourth-order valence-electron chi connectivity index (χ4n) is 1.80. The Morgan fingerprint density at radius 2 is 1.92 bits per heavy atom. The van der Waals surface area contributed by atoms with Gasteiger partial charge in [-0.2, -0.15) is 5.26 Å². The van der Waals surface area contributed by atoms with Crippen molar-refractivity contribution in [2.45, 2.75) is 13.0 Å². The second-order valence-electron chi connectivity index (χ2n) is 4.85. The van der Waals surface area contributed by atoms with E-state index < -0.39 is 23.8 Å². The Bertz CT molecular complexity index is 816. The van der Waals surface area contributed by atoms with E-state index in [-0.39, 0.29) is 10.6 Å². The summed E-state index contributed by atoms with van der Waals surface area (Å²) >= 11 is 5.78. The van der Waals surface area contributed by atoms with Crippen molar-refractivity contribution >= 4 is 29.2 Å². The standard InChI is InChI=1S/C17H12ClFN2O3/c1-10(16(22)21-13-5-2-11(9-20)3-6-13)24-17(23)14-7-4-12(19)8-15(14)18/h2-8,10H,1H3,(H,21,22)/t10-/m0/s1. The summed E-state index contributed by atoms with van der Waals surface area (Å²) in [7, 11) is 0. The summed E-state index contributed by atoms with van der Waals surface area (Å²) in [4.78, 5) is 24.0. The van der Waals surface area contributed by atoms with E-state index in [1.54, 1.807) is 24.3 Å². The summed E-state index contributed by atoms with van der Waals surface area (Å²) < 4.78 is 18.0. The van der Waals surface area contributed by atoms with Crippen LogP contribution in [0.15, 0.2) is 42.5 Å². The average molecular weight is 347 g/mol. The molecule has 0 saturated heterocycles. The largest absolute Gasteiger partial charge is 0.449 e. The van der Waals surface area contributed by atoms with Crippen molar-refractivity contribution in [2.75, 3.05) is 5.32 Å². The number of hydrogen-bond acceptors (Lipinski definition) is 4. The molecule has 2 rings (SSSR count). The van der Waals surface area contributed by atoms with Gasteiger partial charge in [0.05, 0.1) is 22.2 Å². The molecule has 1 atom stereocenters. The number of carbonyl (C=O) groups is 2. The minimum Gasteiger partial charge on any atom is -0.449 e. The lowest BCUT2D eigenvalue weighted by Gasteiger charge is -2.14. The molecule has 0 unspecified atom stereocenters. The Morgan fingerprint density at radius 3 is 2.50 bits per heavy atom. The van der Waals surface area contributed by atoms with Crippen LogP contribution in [0.3, 0.4) is 0 Å². The molecular formula is C17H12ClFN2O3. The normalized spacial score (nSPS) is 11.2. The van der Waals surface area contributed by atoms with E-state index in [0.29, 0.717) is 11.3 Å². The average Bonchev–Trinajstić information content (AvgIpc) is 2.55. The van der Waals surface area contributed by atoms with Crippen molar-refractivity contribution in [1.29, 1.82) is 5.26 Å². The van der Waals surface area contributed by atoms with Crippen molar-refractivity contribution in [3.05, 3.63) is 64.4 Å². The first-order valence-electron chi connectivity index (χ1n) is 6.88. The zero-order chi connectivity index (χ0) is 17.7. The van der Waals surface area contributed by atoms with Crippen LogP contribution < -0.4 is 5.32 Å². The van der Waals surface area contributed by atoms with Crippen molar-refractivity contribution < 1.29 is 18.7 Å². The van der Waals surface area contributed by atoms with E-state index in [4.69, 9.17) is 21.6 Å². The Morgan fingerprint density at radius 1 is 1.25 bits per heavy atom. The zero-order valence-electron chi connectivity index (χ0n) is 12.5. The molecule has 0 saturated carbocycles. The summed E-state index contributed by atoms with van der Waals surface area (Å²) in [6, 6.07) is 11.4. The highest BCUT2D eigenvalue weighted by Crippen LogP contribution is 2.19. The first-order chi connectivity index (χ1) is 11.4. The predicted molar refractivity (Wildman–Crippen MR) is 86.1 cm³/mol. The van der Waals surface area contributed by atoms with Crippen LogP contribution in [0.25, 0.3) is 0 Å². The van der Waals surface area contributed by atoms with Crippen LogP contribution in [0.5, 0.6) is 0 Å². The molecule has 0 heterocycles. The molecule has 0 aliphatic heterocycles. The molecule has 2 aromatic carbocycles. The van der Waals surface area contributed by atoms with E-state index in [9.17, 15) is 14.0 Å². The van der Waals surface area contributed by atoms with Crippen LogP contribution in [0.2, 0.25) is 5.02 Å². The van der Waals surface area contributed by atoms with Gasteiger partial charge in [-0.1, -0.05) is 11.6 Å². The highest BCUT2D eigenvalue weighted by atomic mass is 35.5. The van der Waals surface area contributed by atoms with Crippen LogP contribution in [0.1, 0.15) is 22.8 Å². The summed E-state index contributed by atoms with van der Waals surface area (Å²) in [5, 5.41) is 11.2. The first kappa shape index (κ1) is 17.4. The molecule has 2 aromatic rings. The Balaban J connectivity index is 2.00. The number of anilines is 1. The maximum Gasteiger partial charge on any atom is 0.340 e. The van der Waals surface area contributed by atoms with Gasteiger partial charge >= 0.3 is 5.97 Å². The van der Waals surface area contributed by atoms with E-state index in [2.05, 4.69) is 5.32 Å². The van der Waals surface area contributed by atoms with Gasteiger partial charge in [-0.25, -0.2) is 9.18 Å². The summed E-state index contributed by atoms with van der Waals surface area (Å²) in [6.45, 7) is 1.40. The minimum atomic E-state index is -1.09. The molecule has 0 radical (unpaired) electrons. The molecule has 1 amide bonds. The quantitative estimate of drug-likeness (QED) is 0.859. The van der Waals surface area contributed by atoms with E-state index in [0.717, 1.165) is 12.1 Å². The molecule has 0 aromatic heterocycles. The molecule has 5 nitrogen and oxygen atoms in total. The van der Waals surface area contributed by atoms with Gasteiger partial charge in [0.15, 0.2) is 6.10 Å². The number of nitrogens with one attached hydrogen (secondary N) is 1. The van der Waals surface area contributed by atoms with E-state index in [1.807, 2.05) is 6.07 Å². The number of carbonyl (C=O) groups excluding carboxylic acids is 2. The summed E-state index contributed by atoms with van der Waals surface area (Å²) in [5.41, 5.74) is 0.885. The van der Waals surface area contributed by atoms with Gasteiger partial charge in [-0.3, -0.25) is 4.79 Å². The van der Waals surface area contributed by atoms with Gasteiger partial charge in [0.25, 0.3) is 5.91 Å². The molecule has 0 aliphatic carbocycles. The molecule has 122 valence electrons. The summed E-state index contributed by atoms with van der Waals surface area (Å²) in [6.07, 6.45) is -1.09. The highest BCUT2D eigenvalue weighted by molar-refractivity contribution is 6.33. The van der Waals surface area contributed by atoms with Gasteiger partial charge in [-0.15, -0.1) is 0 Å². The van der Waals surface area contributed by atoms with Gasteiger partial charge in [0, 0.05) is 5.69 Å². The molecule has 0 aliphatic rings. The number of ether oxygens (including phenoxy) is 1. The van der Waals surface area contributed by atoms with Gasteiger partial charge in [0.1, 0.15) is 5.82 Å². The minimum absolute atomic E-state index is 0.0314. The Kier molecular flexibility index (Phi) is 5.51. The molecule has 0 spiro atoms. The Labute approximate surface area is 142 Å². The molecule has 24 heavy (non-hydrogen) atoms. The second kappa shape index (κ2) is 7.57. The number of hydrogen-bond donors (Lipinski definition) is 1. The number of nitriles is 1. The monoisotopic (exact) mass is 346 g/mol. The SMILES string of the molecule is C[C@H](OC(=O)c1ccc(F)cc1Cl)C(=O)Nc1ccc(C#N)cc1. The van der Waals surface area contributed by atoms with E-state index in [1.165, 1.54) is 13.0 Å².